The molecular formula is C9H12F3N2OP. The van der Waals surface area contributed by atoms with Crippen molar-refractivity contribution >= 4 is 8.45 Å². The minimum Gasteiger partial charge on any atom is -0.294 e. The van der Waals surface area contributed by atoms with E-state index in [1.165, 1.54) is 24.8 Å². The maximum Gasteiger partial charge on any atom is 0.528 e. The van der Waals surface area contributed by atoms with Crippen LogP contribution >= 0.6 is 8.45 Å². The molecule has 0 aliphatic heterocycles. The molecule has 0 amide bonds. The highest BCUT2D eigenvalue weighted by molar-refractivity contribution is 7.47. The number of hydrogen-bond acceptors (Lipinski definition) is 3. The first-order valence-electron chi connectivity index (χ1n) is 4.02. The van der Waals surface area contributed by atoms with Gasteiger partial charge < -0.3 is 0 Å². The largest absolute Gasteiger partial charge is 0.528 e. The first-order chi connectivity index (χ1) is 7.39. The molecule has 0 N–H and O–H groups in total. The van der Waals surface area contributed by atoms with Gasteiger partial charge in [-0.25, -0.2) is 4.52 Å². The monoisotopic (exact) mass is 252 g/mol. The molecule has 0 aromatic rings. The molecule has 0 fully saturated rings. The first kappa shape index (κ1) is 14.7. The summed E-state index contributed by atoms with van der Waals surface area (Å²) >= 11 is 0. The Morgan fingerprint density at radius 1 is 0.875 bits per heavy atom. The van der Waals surface area contributed by atoms with Crippen LogP contribution in [0.1, 0.15) is 0 Å². The zero-order chi connectivity index (χ0) is 12.8. The van der Waals surface area contributed by atoms with Gasteiger partial charge in [-0.1, -0.05) is 26.3 Å². The first-order valence-corrected chi connectivity index (χ1v) is 5.18. The molecule has 0 unspecified atom stereocenters. The number of rotatable bonds is 7. The third kappa shape index (κ3) is 4.51. The maximum atomic E-state index is 12.2. The van der Waals surface area contributed by atoms with E-state index in [0.717, 1.165) is 9.34 Å². The zero-order valence-corrected chi connectivity index (χ0v) is 9.42. The zero-order valence-electron chi connectivity index (χ0n) is 8.52. The third-order valence-corrected chi connectivity index (χ3v) is 3.14. The average Bonchev–Trinajstić information content (AvgIpc) is 2.19. The number of halogens is 3. The summed E-state index contributed by atoms with van der Waals surface area (Å²) in [7, 11) is -2.21. The Bertz CT molecular complexity index is 244. The summed E-state index contributed by atoms with van der Waals surface area (Å²) in [5, 5.41) is 0. The minimum absolute atomic E-state index is 1.09. The van der Waals surface area contributed by atoms with Gasteiger partial charge in [-0.05, 0) is 0 Å². The van der Waals surface area contributed by atoms with Crippen LogP contribution in [0.25, 0.3) is 0 Å². The van der Waals surface area contributed by atoms with Gasteiger partial charge in [0.25, 0.3) is 8.45 Å². The van der Waals surface area contributed by atoms with Crippen molar-refractivity contribution in [3.05, 3.63) is 51.1 Å². The van der Waals surface area contributed by atoms with Crippen molar-refractivity contribution in [2.75, 3.05) is 0 Å². The second-order valence-corrected chi connectivity index (χ2v) is 3.89. The van der Waals surface area contributed by atoms with Crippen molar-refractivity contribution in [3.63, 3.8) is 0 Å². The van der Waals surface area contributed by atoms with Crippen LogP contribution in [0.15, 0.2) is 51.1 Å². The fourth-order valence-corrected chi connectivity index (χ4v) is 1.91. The van der Waals surface area contributed by atoms with Crippen molar-refractivity contribution in [2.45, 2.75) is 6.36 Å². The predicted molar refractivity (Wildman–Crippen MR) is 58.5 cm³/mol. The normalized spacial score (nSPS) is 10.8. The van der Waals surface area contributed by atoms with E-state index in [-0.39, 0.29) is 0 Å². The second kappa shape index (κ2) is 6.35. The van der Waals surface area contributed by atoms with Crippen molar-refractivity contribution < 1.29 is 17.7 Å². The van der Waals surface area contributed by atoms with Crippen LogP contribution < -0.4 is 0 Å². The smallest absolute Gasteiger partial charge is 0.294 e. The standard InChI is InChI=1S/C9H12F3N2OP/c1-5-13(6-2)16(14(7-3)8-4)15-9(10,11)12/h5-8H,1-4H2. The van der Waals surface area contributed by atoms with Crippen molar-refractivity contribution in [1.29, 1.82) is 0 Å². The fourth-order valence-electron chi connectivity index (χ4n) is 0.735. The van der Waals surface area contributed by atoms with Crippen LogP contribution in [0.3, 0.4) is 0 Å². The summed E-state index contributed by atoms with van der Waals surface area (Å²) in [6.45, 7) is 13.4. The van der Waals surface area contributed by atoms with Gasteiger partial charge in [0, 0.05) is 24.8 Å². The molecule has 0 bridgehead atoms. The molecule has 16 heavy (non-hydrogen) atoms. The summed E-state index contributed by atoms with van der Waals surface area (Å²) in [5.74, 6) is 0. The molecule has 0 aliphatic carbocycles. The lowest BCUT2D eigenvalue weighted by Gasteiger charge is -2.32. The molecule has 0 aromatic heterocycles. The van der Waals surface area contributed by atoms with Gasteiger partial charge in [-0.2, -0.15) is 0 Å². The van der Waals surface area contributed by atoms with Crippen LogP contribution in [-0.2, 0) is 4.52 Å². The van der Waals surface area contributed by atoms with E-state index in [1.807, 2.05) is 0 Å². The maximum absolute atomic E-state index is 12.2. The van der Waals surface area contributed by atoms with Crippen molar-refractivity contribution in [1.82, 2.24) is 9.34 Å². The van der Waals surface area contributed by atoms with Gasteiger partial charge in [0.1, 0.15) is 0 Å². The Labute approximate surface area is 93.7 Å². The molecule has 0 aromatic carbocycles. The molecule has 0 aliphatic rings. The van der Waals surface area contributed by atoms with E-state index >= 15 is 0 Å². The third-order valence-electron chi connectivity index (χ3n) is 1.33. The topological polar surface area (TPSA) is 15.7 Å². The molecule has 90 valence electrons. The highest BCUT2D eigenvalue weighted by Crippen LogP contribution is 2.50. The van der Waals surface area contributed by atoms with Crippen LogP contribution in [0.2, 0.25) is 0 Å². The van der Waals surface area contributed by atoms with Crippen LogP contribution in [-0.4, -0.2) is 15.7 Å². The minimum atomic E-state index is -4.76. The molecule has 7 heteroatoms. The Kier molecular flexibility index (Phi) is 5.85. The highest BCUT2D eigenvalue weighted by Gasteiger charge is 2.38. The van der Waals surface area contributed by atoms with Gasteiger partial charge in [0.2, 0.25) is 0 Å². The number of hydrogen-bond donors (Lipinski definition) is 0. The van der Waals surface area contributed by atoms with E-state index in [0.29, 0.717) is 0 Å². The van der Waals surface area contributed by atoms with Crippen LogP contribution in [0, 0.1) is 0 Å². The molecule has 3 nitrogen and oxygen atoms in total. The predicted octanol–water partition coefficient (Wildman–Crippen LogP) is 3.93. The molecule has 0 radical (unpaired) electrons. The molecule has 0 atom stereocenters. The van der Waals surface area contributed by atoms with E-state index in [4.69, 9.17) is 0 Å². The molecule has 0 rings (SSSR count). The van der Waals surface area contributed by atoms with Crippen LogP contribution in [0.5, 0.6) is 0 Å². The Morgan fingerprint density at radius 3 is 1.38 bits per heavy atom. The van der Waals surface area contributed by atoms with Gasteiger partial charge in [0.15, 0.2) is 0 Å². The summed E-state index contributed by atoms with van der Waals surface area (Å²) in [6.07, 6.45) is -0.0793. The van der Waals surface area contributed by atoms with E-state index < -0.39 is 14.8 Å². The van der Waals surface area contributed by atoms with E-state index in [9.17, 15) is 13.2 Å². The lowest BCUT2D eigenvalue weighted by molar-refractivity contribution is -0.274. The molecule has 0 saturated heterocycles. The molecule has 0 saturated carbocycles. The highest BCUT2D eigenvalue weighted by atomic mass is 31.2. The fraction of sp³-hybridized carbons (Fsp3) is 0.111. The Hall–Kier alpha value is -1.26. The molecule has 0 heterocycles. The lowest BCUT2D eigenvalue weighted by atomic mass is 10.9. The SMILES string of the molecule is C=CN(C=C)P(OC(F)(F)F)N(C=C)C=C. The van der Waals surface area contributed by atoms with E-state index in [1.54, 1.807) is 0 Å². The average molecular weight is 252 g/mol. The molecular weight excluding hydrogens is 240 g/mol. The summed E-state index contributed by atoms with van der Waals surface area (Å²) in [4.78, 5) is 0. The van der Waals surface area contributed by atoms with Gasteiger partial charge in [-0.3, -0.25) is 9.34 Å². The van der Waals surface area contributed by atoms with Gasteiger partial charge >= 0.3 is 6.36 Å². The molecule has 0 spiro atoms. The van der Waals surface area contributed by atoms with Crippen LogP contribution in [0.4, 0.5) is 13.2 Å². The summed E-state index contributed by atoms with van der Waals surface area (Å²) < 4.78 is 42.7. The Balaban J connectivity index is 5.01. The van der Waals surface area contributed by atoms with Gasteiger partial charge in [0.05, 0.1) is 0 Å². The number of nitrogens with zero attached hydrogens (tertiary/aromatic N) is 2. The Morgan fingerprint density at radius 2 is 1.19 bits per heavy atom. The number of alkyl halides is 3. The van der Waals surface area contributed by atoms with Crippen molar-refractivity contribution in [3.8, 4) is 0 Å². The lowest BCUT2D eigenvalue weighted by Crippen LogP contribution is -2.21. The summed E-state index contributed by atoms with van der Waals surface area (Å²) in [6, 6.07) is 0. The van der Waals surface area contributed by atoms with E-state index in [2.05, 4.69) is 30.8 Å². The quantitative estimate of drug-likeness (QED) is 0.638. The second-order valence-electron chi connectivity index (χ2n) is 2.28. The van der Waals surface area contributed by atoms with Gasteiger partial charge in [-0.15, -0.1) is 13.2 Å². The summed E-state index contributed by atoms with van der Waals surface area (Å²) in [5.41, 5.74) is 0. The van der Waals surface area contributed by atoms with Crippen molar-refractivity contribution in [2.24, 2.45) is 0 Å².